The van der Waals surface area contributed by atoms with Crippen LogP contribution >= 0.6 is 15.9 Å². The predicted molar refractivity (Wildman–Crippen MR) is 156 cm³/mol. The highest BCUT2D eigenvalue weighted by Crippen LogP contribution is 2.27. The van der Waals surface area contributed by atoms with Gasteiger partial charge in [0, 0.05) is 29.7 Å². The largest absolute Gasteiger partial charge is 0.354 e. The van der Waals surface area contributed by atoms with Gasteiger partial charge in [-0.2, -0.15) is 0 Å². The van der Waals surface area contributed by atoms with E-state index in [-0.39, 0.29) is 34.6 Å². The molecule has 0 fully saturated rings. The zero-order valence-corrected chi connectivity index (χ0v) is 24.8. The van der Waals surface area contributed by atoms with Crippen LogP contribution in [-0.4, -0.2) is 49.2 Å². The fourth-order valence-electron chi connectivity index (χ4n) is 3.83. The van der Waals surface area contributed by atoms with E-state index in [4.69, 9.17) is 0 Å². The van der Waals surface area contributed by atoms with Gasteiger partial charge in [0.05, 0.1) is 15.5 Å². The second-order valence-electron chi connectivity index (χ2n) is 9.56. The lowest BCUT2D eigenvalue weighted by molar-refractivity contribution is -0.384. The van der Waals surface area contributed by atoms with Gasteiger partial charge in [0.1, 0.15) is 12.6 Å². The fourth-order valence-corrected chi connectivity index (χ4v) is 5.52. The van der Waals surface area contributed by atoms with Crippen molar-refractivity contribution < 1.29 is 22.9 Å². The Morgan fingerprint density at radius 3 is 2.23 bits per heavy atom. The molecule has 0 heterocycles. The van der Waals surface area contributed by atoms with Crippen LogP contribution in [0.5, 0.6) is 0 Å². The quantitative estimate of drug-likeness (QED) is 0.227. The van der Waals surface area contributed by atoms with Crippen LogP contribution in [0.3, 0.4) is 0 Å². The molecule has 40 heavy (non-hydrogen) atoms. The van der Waals surface area contributed by atoms with E-state index in [1.165, 1.54) is 35.2 Å². The Morgan fingerprint density at radius 2 is 1.62 bits per heavy atom. The summed E-state index contributed by atoms with van der Waals surface area (Å²) in [5, 5.41) is 14.3. The lowest BCUT2D eigenvalue weighted by atomic mass is 10.1. The topological polar surface area (TPSA) is 130 Å². The molecule has 0 aliphatic carbocycles. The Morgan fingerprint density at radius 1 is 0.975 bits per heavy atom. The Hall–Kier alpha value is -3.77. The minimum absolute atomic E-state index is 0.0382. The van der Waals surface area contributed by atoms with Crippen molar-refractivity contribution in [3.05, 3.63) is 99.0 Å². The molecule has 3 rings (SSSR count). The van der Waals surface area contributed by atoms with Crippen molar-refractivity contribution in [3.8, 4) is 0 Å². The number of nitro benzene ring substituents is 1. The number of anilines is 1. The number of amides is 2. The number of carbonyl (C=O) groups is 2. The van der Waals surface area contributed by atoms with E-state index < -0.39 is 33.4 Å². The minimum atomic E-state index is -4.31. The molecule has 0 bridgehead atoms. The molecule has 3 aromatic carbocycles. The lowest BCUT2D eigenvalue weighted by Crippen LogP contribution is -2.51. The summed E-state index contributed by atoms with van der Waals surface area (Å²) >= 11 is 3.38. The molecule has 0 aromatic heterocycles. The van der Waals surface area contributed by atoms with E-state index in [9.17, 15) is 28.1 Å². The SMILES string of the molecule is CC(C)CNC(=O)C(C)N(Cc1ccc(Br)cc1)C(=O)CN(c1cccc([N+](=O)[O-])c1)S(=O)(=O)c1ccccc1. The van der Waals surface area contributed by atoms with Crippen LogP contribution in [0.25, 0.3) is 0 Å². The van der Waals surface area contributed by atoms with Gasteiger partial charge in [-0.3, -0.25) is 24.0 Å². The number of benzene rings is 3. The van der Waals surface area contributed by atoms with Crippen LogP contribution in [0, 0.1) is 16.0 Å². The van der Waals surface area contributed by atoms with Crippen molar-refractivity contribution in [2.75, 3.05) is 17.4 Å². The fraction of sp³-hybridized carbons (Fsp3) is 0.286. The van der Waals surface area contributed by atoms with Crippen LogP contribution < -0.4 is 9.62 Å². The first-order chi connectivity index (χ1) is 18.9. The normalized spacial score (nSPS) is 12.0. The van der Waals surface area contributed by atoms with Crippen molar-refractivity contribution in [3.63, 3.8) is 0 Å². The molecule has 0 saturated carbocycles. The Balaban J connectivity index is 2.04. The summed E-state index contributed by atoms with van der Waals surface area (Å²) in [5.41, 5.74) is 0.353. The molecule has 0 aliphatic rings. The van der Waals surface area contributed by atoms with Gasteiger partial charge in [-0.15, -0.1) is 0 Å². The van der Waals surface area contributed by atoms with Gasteiger partial charge in [0.2, 0.25) is 11.8 Å². The van der Waals surface area contributed by atoms with Crippen molar-refractivity contribution in [2.45, 2.75) is 38.3 Å². The van der Waals surface area contributed by atoms with E-state index in [1.807, 2.05) is 13.8 Å². The second-order valence-corrected chi connectivity index (χ2v) is 12.3. The third kappa shape index (κ3) is 7.89. The lowest BCUT2D eigenvalue weighted by Gasteiger charge is -2.32. The second kappa shape index (κ2) is 13.5. The standard InChI is InChI=1S/C28H31BrN4O6S/c1-20(2)17-30-28(35)21(3)31(18-22-12-14-23(29)15-13-22)27(34)19-32(24-8-7-9-25(16-24)33(36)37)40(38,39)26-10-5-4-6-11-26/h4-16,20-21H,17-19H2,1-3H3,(H,30,35). The van der Waals surface area contributed by atoms with Crippen LogP contribution in [0.2, 0.25) is 0 Å². The molecule has 12 heteroatoms. The van der Waals surface area contributed by atoms with Crippen molar-refractivity contribution in [1.82, 2.24) is 10.2 Å². The van der Waals surface area contributed by atoms with E-state index in [0.29, 0.717) is 6.54 Å². The highest BCUT2D eigenvalue weighted by molar-refractivity contribution is 9.10. The zero-order valence-electron chi connectivity index (χ0n) is 22.4. The first kappa shape index (κ1) is 30.8. The van der Waals surface area contributed by atoms with Gasteiger partial charge >= 0.3 is 0 Å². The highest BCUT2D eigenvalue weighted by atomic mass is 79.9. The maximum Gasteiger partial charge on any atom is 0.271 e. The number of halogens is 1. The summed E-state index contributed by atoms with van der Waals surface area (Å²) in [7, 11) is -4.31. The number of rotatable bonds is 12. The van der Waals surface area contributed by atoms with E-state index >= 15 is 0 Å². The van der Waals surface area contributed by atoms with Crippen LogP contribution in [0.4, 0.5) is 11.4 Å². The smallest absolute Gasteiger partial charge is 0.271 e. The molecule has 212 valence electrons. The molecule has 10 nitrogen and oxygen atoms in total. The maximum atomic E-state index is 13.9. The summed E-state index contributed by atoms with van der Waals surface area (Å²) in [6, 6.07) is 18.8. The number of hydrogen-bond donors (Lipinski definition) is 1. The number of sulfonamides is 1. The van der Waals surface area contributed by atoms with Gasteiger partial charge in [-0.25, -0.2) is 8.42 Å². The van der Waals surface area contributed by atoms with Gasteiger partial charge in [0.15, 0.2) is 0 Å². The Bertz CT molecular complexity index is 1450. The molecule has 0 spiro atoms. The minimum Gasteiger partial charge on any atom is -0.354 e. The molecule has 2 amide bonds. The number of nitrogens with one attached hydrogen (secondary N) is 1. The van der Waals surface area contributed by atoms with Crippen LogP contribution in [0.15, 0.2) is 88.2 Å². The molecule has 1 N–H and O–H groups in total. The molecule has 1 unspecified atom stereocenters. The molecule has 3 aromatic rings. The summed E-state index contributed by atoms with van der Waals surface area (Å²) < 4.78 is 29.2. The molecule has 0 saturated heterocycles. The van der Waals surface area contributed by atoms with Gasteiger partial charge < -0.3 is 10.2 Å². The Labute approximate surface area is 242 Å². The molecule has 0 radical (unpaired) electrons. The molecular formula is C28H31BrN4O6S. The third-order valence-electron chi connectivity index (χ3n) is 6.06. The summed E-state index contributed by atoms with van der Waals surface area (Å²) in [5.74, 6) is -0.847. The van der Waals surface area contributed by atoms with E-state index in [1.54, 1.807) is 49.4 Å². The average molecular weight is 632 g/mol. The summed E-state index contributed by atoms with van der Waals surface area (Å²) in [6.07, 6.45) is 0. The number of hydrogen-bond acceptors (Lipinski definition) is 6. The predicted octanol–water partition coefficient (Wildman–Crippen LogP) is 4.74. The number of nitrogens with zero attached hydrogens (tertiary/aromatic N) is 3. The molecular weight excluding hydrogens is 600 g/mol. The summed E-state index contributed by atoms with van der Waals surface area (Å²) in [6.45, 7) is 5.23. The first-order valence-corrected chi connectivity index (χ1v) is 14.8. The van der Waals surface area contributed by atoms with Crippen molar-refractivity contribution in [2.24, 2.45) is 5.92 Å². The third-order valence-corrected chi connectivity index (χ3v) is 8.37. The van der Waals surface area contributed by atoms with E-state index in [2.05, 4.69) is 21.2 Å². The number of carbonyl (C=O) groups excluding carboxylic acids is 2. The van der Waals surface area contributed by atoms with E-state index in [0.717, 1.165) is 20.4 Å². The van der Waals surface area contributed by atoms with Gasteiger partial charge in [0.25, 0.3) is 15.7 Å². The van der Waals surface area contributed by atoms with Crippen molar-refractivity contribution in [1.29, 1.82) is 0 Å². The Kier molecular flexibility index (Phi) is 10.4. The van der Waals surface area contributed by atoms with Gasteiger partial charge in [-0.1, -0.05) is 66.2 Å². The highest BCUT2D eigenvalue weighted by Gasteiger charge is 2.33. The van der Waals surface area contributed by atoms with Crippen LogP contribution in [-0.2, 0) is 26.2 Å². The zero-order chi connectivity index (χ0) is 29.4. The van der Waals surface area contributed by atoms with Crippen LogP contribution in [0.1, 0.15) is 26.3 Å². The first-order valence-electron chi connectivity index (χ1n) is 12.5. The average Bonchev–Trinajstić information content (AvgIpc) is 2.94. The number of non-ortho nitro benzene ring substituents is 1. The van der Waals surface area contributed by atoms with Crippen molar-refractivity contribution >= 4 is 49.1 Å². The molecule has 1 atom stereocenters. The molecule has 0 aliphatic heterocycles. The van der Waals surface area contributed by atoms with Gasteiger partial charge in [-0.05, 0) is 48.7 Å². The monoisotopic (exact) mass is 630 g/mol. The maximum absolute atomic E-state index is 13.9. The summed E-state index contributed by atoms with van der Waals surface area (Å²) in [4.78, 5) is 38.9. The number of nitro groups is 1.